The molecular formula is C30H25BrCl2N2O3. The van der Waals surface area contributed by atoms with Crippen molar-refractivity contribution < 1.29 is 14.4 Å². The molecule has 3 amide bonds. The molecule has 0 unspecified atom stereocenters. The number of hydrogen-bond donors (Lipinski definition) is 1. The number of halogens is 3. The van der Waals surface area contributed by atoms with Gasteiger partial charge in [0.1, 0.15) is 15.8 Å². The number of nitrogens with zero attached hydrogens (tertiary/aromatic N) is 1. The van der Waals surface area contributed by atoms with Crippen molar-refractivity contribution in [3.63, 3.8) is 0 Å². The molecule has 3 atom stereocenters. The number of carbonyl (C=O) groups excluding carboxylic acids is 3. The lowest BCUT2D eigenvalue weighted by Gasteiger charge is -2.54. The summed E-state index contributed by atoms with van der Waals surface area (Å²) in [5, 5.41) is 2.91. The minimum Gasteiger partial charge on any atom is -0.324 e. The molecule has 0 radical (unpaired) electrons. The third kappa shape index (κ3) is 3.20. The highest BCUT2D eigenvalue weighted by molar-refractivity contribution is 9.10. The van der Waals surface area contributed by atoms with Crippen LogP contribution in [0.3, 0.4) is 0 Å². The lowest BCUT2D eigenvalue weighted by molar-refractivity contribution is -0.148. The van der Waals surface area contributed by atoms with Gasteiger partial charge in [0, 0.05) is 10.2 Å². The Balaban J connectivity index is 1.47. The van der Waals surface area contributed by atoms with Gasteiger partial charge in [0.25, 0.3) is 0 Å². The molecule has 3 aromatic carbocycles. The van der Waals surface area contributed by atoms with E-state index in [1.54, 1.807) is 6.07 Å². The van der Waals surface area contributed by atoms with E-state index in [0.29, 0.717) is 5.69 Å². The SMILES string of the molecule is Cc1cc(NC(=O)[C@H](C(C)C)N2C(=O)[C@H]3[C@H](C2=O)C2(Cl)c4ccccc4C3(Cl)c3ccccc32)ccc1Br. The second-order valence-corrected chi connectivity index (χ2v) is 12.7. The first-order valence-electron chi connectivity index (χ1n) is 12.5. The smallest absolute Gasteiger partial charge is 0.247 e. The van der Waals surface area contributed by atoms with Crippen molar-refractivity contribution >= 4 is 62.5 Å². The third-order valence-corrected chi connectivity index (χ3v) is 10.4. The van der Waals surface area contributed by atoms with Crippen molar-refractivity contribution in [3.8, 4) is 0 Å². The molecule has 4 aliphatic rings. The van der Waals surface area contributed by atoms with Crippen molar-refractivity contribution in [1.82, 2.24) is 4.90 Å². The van der Waals surface area contributed by atoms with E-state index in [1.165, 1.54) is 0 Å². The summed E-state index contributed by atoms with van der Waals surface area (Å²) in [5.41, 5.74) is 4.46. The normalized spacial score (nSPS) is 27.7. The monoisotopic (exact) mass is 610 g/mol. The van der Waals surface area contributed by atoms with Crippen LogP contribution < -0.4 is 5.32 Å². The van der Waals surface area contributed by atoms with Gasteiger partial charge in [0.05, 0.1) is 11.8 Å². The molecule has 3 aliphatic carbocycles. The van der Waals surface area contributed by atoms with Crippen LogP contribution in [0.2, 0.25) is 0 Å². The summed E-state index contributed by atoms with van der Waals surface area (Å²) in [6.45, 7) is 5.57. The van der Waals surface area contributed by atoms with Gasteiger partial charge in [-0.15, -0.1) is 23.2 Å². The number of hydrogen-bond acceptors (Lipinski definition) is 3. The van der Waals surface area contributed by atoms with Crippen LogP contribution >= 0.6 is 39.1 Å². The topological polar surface area (TPSA) is 66.5 Å². The number of imide groups is 1. The van der Waals surface area contributed by atoms with E-state index in [2.05, 4.69) is 21.2 Å². The number of likely N-dealkylation sites (tertiary alicyclic amines) is 1. The average molecular weight is 612 g/mol. The number of rotatable bonds is 4. The molecule has 0 aromatic heterocycles. The molecule has 7 rings (SSSR count). The molecule has 1 N–H and O–H groups in total. The first-order valence-corrected chi connectivity index (χ1v) is 14.1. The fraction of sp³-hybridized carbons (Fsp3) is 0.300. The molecule has 0 spiro atoms. The number of carbonyl (C=O) groups is 3. The van der Waals surface area contributed by atoms with E-state index in [0.717, 1.165) is 37.2 Å². The fourth-order valence-corrected chi connectivity index (χ4v) is 7.96. The van der Waals surface area contributed by atoms with Crippen molar-refractivity contribution in [3.05, 3.63) is 99.0 Å². The Labute approximate surface area is 239 Å². The van der Waals surface area contributed by atoms with E-state index in [1.807, 2.05) is 81.4 Å². The van der Waals surface area contributed by atoms with Crippen LogP contribution in [0.4, 0.5) is 5.69 Å². The molecule has 38 heavy (non-hydrogen) atoms. The number of amides is 3. The van der Waals surface area contributed by atoms with Gasteiger partial charge in [-0.3, -0.25) is 19.3 Å². The Morgan fingerprint density at radius 1 is 0.868 bits per heavy atom. The first kappa shape index (κ1) is 25.6. The van der Waals surface area contributed by atoms with Gasteiger partial charge in [-0.25, -0.2) is 0 Å². The molecule has 3 aromatic rings. The maximum Gasteiger partial charge on any atom is 0.247 e. The standard InChI is InChI=1S/C30H25BrCl2N2O3/c1-15(2)25(26(36)34-17-12-13-22(31)16(3)14-17)35-27(37)23-24(28(35)38)30(33)19-9-5-4-8-18(19)29(23,32)20-10-6-7-11-21(20)30/h4-15,23-25H,1-3H3,(H,34,36)/t23-,24-,25+,29?,30?/m1/s1. The zero-order chi connectivity index (χ0) is 27.1. The third-order valence-electron chi connectivity index (χ3n) is 8.22. The van der Waals surface area contributed by atoms with Crippen LogP contribution in [-0.4, -0.2) is 28.7 Å². The molecular weight excluding hydrogens is 587 g/mol. The van der Waals surface area contributed by atoms with Crippen LogP contribution in [0.25, 0.3) is 0 Å². The highest BCUT2D eigenvalue weighted by atomic mass is 79.9. The summed E-state index contributed by atoms with van der Waals surface area (Å²) in [6.07, 6.45) is 0. The maximum absolute atomic E-state index is 14.3. The minimum atomic E-state index is -1.28. The molecule has 1 heterocycles. The molecule has 1 aliphatic heterocycles. The number of anilines is 1. The summed E-state index contributed by atoms with van der Waals surface area (Å²) in [7, 11) is 0. The number of benzene rings is 3. The van der Waals surface area contributed by atoms with Gasteiger partial charge >= 0.3 is 0 Å². The molecule has 8 heteroatoms. The van der Waals surface area contributed by atoms with Crippen molar-refractivity contribution in [1.29, 1.82) is 0 Å². The first-order chi connectivity index (χ1) is 18.0. The van der Waals surface area contributed by atoms with Gasteiger partial charge in [-0.1, -0.05) is 78.3 Å². The van der Waals surface area contributed by atoms with Gasteiger partial charge in [0.2, 0.25) is 17.7 Å². The van der Waals surface area contributed by atoms with Crippen LogP contribution in [-0.2, 0) is 24.1 Å². The predicted molar refractivity (Wildman–Crippen MR) is 151 cm³/mol. The lowest BCUT2D eigenvalue weighted by Crippen LogP contribution is -2.57. The van der Waals surface area contributed by atoms with Crippen LogP contribution in [0.15, 0.2) is 71.2 Å². The Hall–Kier alpha value is -2.67. The van der Waals surface area contributed by atoms with E-state index >= 15 is 0 Å². The molecule has 0 saturated carbocycles. The summed E-state index contributed by atoms with van der Waals surface area (Å²) in [4.78, 5) is 40.8. The fourth-order valence-electron chi connectivity index (χ4n) is 6.62. The maximum atomic E-state index is 14.3. The second kappa shape index (κ2) is 8.67. The number of aryl methyl sites for hydroxylation is 1. The van der Waals surface area contributed by atoms with Gasteiger partial charge < -0.3 is 5.32 Å². The summed E-state index contributed by atoms with van der Waals surface area (Å²) in [6, 6.07) is 19.4. The van der Waals surface area contributed by atoms with Gasteiger partial charge in [-0.2, -0.15) is 0 Å². The van der Waals surface area contributed by atoms with Gasteiger partial charge in [0.15, 0.2) is 0 Å². The van der Waals surface area contributed by atoms with Crippen LogP contribution in [0.5, 0.6) is 0 Å². The van der Waals surface area contributed by atoms with Crippen LogP contribution in [0, 0.1) is 24.7 Å². The average Bonchev–Trinajstić information content (AvgIpc) is 3.16. The molecule has 2 bridgehead atoms. The Morgan fingerprint density at radius 3 is 1.71 bits per heavy atom. The second-order valence-electron chi connectivity index (χ2n) is 10.7. The summed E-state index contributed by atoms with van der Waals surface area (Å²) >= 11 is 18.5. The summed E-state index contributed by atoms with van der Waals surface area (Å²) < 4.78 is 0.916. The van der Waals surface area contributed by atoms with Gasteiger partial charge in [-0.05, 0) is 58.9 Å². The Kier molecular flexibility index (Phi) is 5.84. The highest BCUT2D eigenvalue weighted by Crippen LogP contribution is 2.69. The molecule has 1 saturated heterocycles. The minimum absolute atomic E-state index is 0.348. The molecule has 1 fully saturated rings. The Bertz CT molecular complexity index is 1420. The molecule has 194 valence electrons. The zero-order valence-corrected chi connectivity index (χ0v) is 24.1. The molecule has 5 nitrogen and oxygen atoms in total. The summed E-state index contributed by atoms with van der Waals surface area (Å²) in [5.74, 6) is -3.60. The predicted octanol–water partition coefficient (Wildman–Crippen LogP) is 6.31. The van der Waals surface area contributed by atoms with E-state index < -0.39 is 45.3 Å². The van der Waals surface area contributed by atoms with E-state index in [4.69, 9.17) is 23.2 Å². The van der Waals surface area contributed by atoms with Crippen molar-refractivity contribution in [2.24, 2.45) is 17.8 Å². The lowest BCUT2D eigenvalue weighted by atomic mass is 9.54. The zero-order valence-electron chi connectivity index (χ0n) is 21.0. The van der Waals surface area contributed by atoms with Crippen molar-refractivity contribution in [2.45, 2.75) is 36.6 Å². The number of nitrogens with one attached hydrogen (secondary N) is 1. The van der Waals surface area contributed by atoms with Crippen LogP contribution in [0.1, 0.15) is 41.7 Å². The largest absolute Gasteiger partial charge is 0.324 e. The quantitative estimate of drug-likeness (QED) is 0.278. The Morgan fingerprint density at radius 2 is 1.32 bits per heavy atom. The van der Waals surface area contributed by atoms with Crippen molar-refractivity contribution in [2.75, 3.05) is 5.32 Å². The van der Waals surface area contributed by atoms with E-state index in [9.17, 15) is 14.4 Å². The van der Waals surface area contributed by atoms with E-state index in [-0.39, 0.29) is 5.92 Å². The number of alkyl halides is 2. The highest BCUT2D eigenvalue weighted by Gasteiger charge is 2.73.